The lowest BCUT2D eigenvalue weighted by molar-refractivity contribution is -0.156. The van der Waals surface area contributed by atoms with Crippen LogP contribution in [0, 0.1) is 0 Å². The number of hydrogen-bond donors (Lipinski definition) is 0. The second kappa shape index (κ2) is 6.08. The zero-order valence-corrected chi connectivity index (χ0v) is 12.4. The van der Waals surface area contributed by atoms with E-state index in [1.165, 1.54) is 0 Å². The first-order chi connectivity index (χ1) is 4.95. The van der Waals surface area contributed by atoms with Crippen molar-refractivity contribution >= 4 is 89.0 Å². The second-order valence-electron chi connectivity index (χ2n) is 1.34. The summed E-state index contributed by atoms with van der Waals surface area (Å²) in [5.41, 5.74) is 0. The van der Waals surface area contributed by atoms with Crippen molar-refractivity contribution in [2.24, 2.45) is 0 Å². The Hall–Kier alpha value is 1.56. The first-order valence-electron chi connectivity index (χ1n) is 2.27. The van der Waals surface area contributed by atoms with Gasteiger partial charge in [-0.3, -0.25) is 0 Å². The number of rotatable bonds is 2. The quantitative estimate of drug-likeness (QED) is 0.248. The molecule has 0 aromatic heterocycles. The molecule has 0 fully saturated rings. The van der Waals surface area contributed by atoms with Crippen LogP contribution >= 0.6 is 77.0 Å². The lowest BCUT2D eigenvalue weighted by atomic mass is 10.7. The van der Waals surface area contributed by atoms with Gasteiger partial charge in [0.1, 0.15) is 0 Å². The highest BCUT2D eigenvalue weighted by Crippen LogP contribution is 2.15. The molecule has 11 heavy (non-hydrogen) atoms. The summed E-state index contributed by atoms with van der Waals surface area (Å²) in [7, 11) is 0. The average Bonchev–Trinajstić information content (AvgIpc) is 1.87. The van der Waals surface area contributed by atoms with E-state index in [0.717, 1.165) is 0 Å². The molecule has 0 saturated heterocycles. The van der Waals surface area contributed by atoms with E-state index in [-0.39, 0.29) is 0 Å². The van der Waals surface area contributed by atoms with Crippen molar-refractivity contribution in [2.75, 3.05) is 0 Å². The van der Waals surface area contributed by atoms with E-state index in [2.05, 4.69) is 36.6 Å². The molecule has 0 bridgehead atoms. The maximum Gasteiger partial charge on any atom is 0.337 e. The lowest BCUT2D eigenvalue weighted by Gasteiger charge is -2.02. The van der Waals surface area contributed by atoms with Crippen LogP contribution in [0.25, 0.3) is 0 Å². The molecule has 0 rings (SSSR count). The van der Waals surface area contributed by atoms with E-state index in [4.69, 9.17) is 0 Å². The van der Waals surface area contributed by atoms with E-state index < -0.39 is 17.6 Å². The highest BCUT2D eigenvalue weighted by atomic mass is 127. The molecule has 3 nitrogen and oxygen atoms in total. The van der Waals surface area contributed by atoms with Crippen LogP contribution in [0.5, 0.6) is 0 Å². The molecule has 0 aromatic rings. The molecule has 0 saturated carbocycles. The number of alkyl halides is 4. The first kappa shape index (κ1) is 12.6. The van der Waals surface area contributed by atoms with Gasteiger partial charge in [-0.15, -0.1) is 0 Å². The summed E-state index contributed by atoms with van der Waals surface area (Å²) in [5.74, 6) is -1.17. The summed E-state index contributed by atoms with van der Waals surface area (Å²) < 4.78 is 3.43. The van der Waals surface area contributed by atoms with E-state index in [1.54, 1.807) is 45.2 Å². The van der Waals surface area contributed by atoms with E-state index in [1.807, 2.05) is 0 Å². The van der Waals surface area contributed by atoms with Gasteiger partial charge in [-0.25, -0.2) is 9.59 Å². The number of hydrogen-bond acceptors (Lipinski definition) is 3. The van der Waals surface area contributed by atoms with Gasteiger partial charge in [0.15, 0.2) is 5.67 Å². The Morgan fingerprint density at radius 3 is 1.55 bits per heavy atom. The molecule has 0 radical (unpaired) electrons. The average molecular weight is 512 g/mol. The van der Waals surface area contributed by atoms with Gasteiger partial charge < -0.3 is 4.74 Å². The molecule has 0 heterocycles. The third-order valence-corrected chi connectivity index (χ3v) is 2.32. The second-order valence-corrected chi connectivity index (χ2v) is 9.09. The normalized spacial score (nSPS) is 15.3. The van der Waals surface area contributed by atoms with Crippen LogP contribution in [0.4, 0.5) is 0 Å². The van der Waals surface area contributed by atoms with Crippen molar-refractivity contribution in [1.29, 1.82) is 0 Å². The SMILES string of the molecule is O=C(OC(=O)C(Br)I)C(Br)I. The van der Waals surface area contributed by atoms with Crippen molar-refractivity contribution in [3.05, 3.63) is 0 Å². The minimum atomic E-state index is -0.586. The Balaban J connectivity index is 3.86. The van der Waals surface area contributed by atoms with Crippen molar-refractivity contribution in [3.8, 4) is 0 Å². The van der Waals surface area contributed by atoms with Crippen LogP contribution in [0.15, 0.2) is 0 Å². The number of esters is 2. The Morgan fingerprint density at radius 2 is 1.36 bits per heavy atom. The van der Waals surface area contributed by atoms with Gasteiger partial charge in [0.2, 0.25) is 0 Å². The lowest BCUT2D eigenvalue weighted by Crippen LogP contribution is -2.20. The maximum atomic E-state index is 10.7. The zero-order valence-electron chi connectivity index (χ0n) is 4.89. The Labute approximate surface area is 108 Å². The molecule has 0 aromatic carbocycles. The summed E-state index contributed by atoms with van der Waals surface area (Å²) >= 11 is 9.51. The third-order valence-electron chi connectivity index (χ3n) is 0.558. The zero-order chi connectivity index (χ0) is 9.02. The van der Waals surface area contributed by atoms with Crippen LogP contribution in [-0.2, 0) is 14.3 Å². The molecule has 2 atom stereocenters. The largest absolute Gasteiger partial charge is 0.390 e. The summed E-state index contributed by atoms with van der Waals surface area (Å²) in [6.07, 6.45) is 0. The molecule has 0 aliphatic heterocycles. The van der Waals surface area contributed by atoms with Crippen molar-refractivity contribution < 1.29 is 14.3 Å². The topological polar surface area (TPSA) is 43.4 Å². The molecule has 2 unspecified atom stereocenters. The fourth-order valence-electron chi connectivity index (χ4n) is 0.188. The third kappa shape index (κ3) is 5.75. The molecular formula is C4H2Br2I2O3. The summed E-state index contributed by atoms with van der Waals surface area (Å²) in [4.78, 5) is 21.5. The predicted octanol–water partition coefficient (Wildman–Crippen LogP) is 2.37. The molecule has 7 heteroatoms. The Bertz CT molecular complexity index is 153. The smallest absolute Gasteiger partial charge is 0.337 e. The maximum absolute atomic E-state index is 10.7. The van der Waals surface area contributed by atoms with Crippen LogP contribution < -0.4 is 0 Å². The predicted molar refractivity (Wildman–Crippen MR) is 64.6 cm³/mol. The summed E-state index contributed by atoms with van der Waals surface area (Å²) in [5, 5.41) is 0. The van der Waals surface area contributed by atoms with Gasteiger partial charge in [-0.1, -0.05) is 77.0 Å². The van der Waals surface area contributed by atoms with E-state index >= 15 is 0 Å². The summed E-state index contributed by atoms with van der Waals surface area (Å²) in [6.45, 7) is 0. The van der Waals surface area contributed by atoms with E-state index in [0.29, 0.717) is 0 Å². The number of ether oxygens (including phenoxy) is 1. The molecule has 0 amide bonds. The minimum absolute atomic E-state index is 0.480. The molecular weight excluding hydrogens is 510 g/mol. The standard InChI is InChI=1S/C4H2Br2I2O3/c5-1(7)3(9)11-4(10)2(6)8/h1-2H. The Kier molecular flexibility index (Phi) is 6.94. The molecule has 0 spiro atoms. The van der Waals surface area contributed by atoms with Gasteiger partial charge in [-0.05, 0) is 0 Å². The number of halogens is 4. The highest BCUT2D eigenvalue weighted by molar-refractivity contribution is 14.1. The van der Waals surface area contributed by atoms with Gasteiger partial charge in [0.05, 0.1) is 0 Å². The van der Waals surface area contributed by atoms with Gasteiger partial charge in [0, 0.05) is 0 Å². The van der Waals surface area contributed by atoms with Crippen LogP contribution in [0.2, 0.25) is 0 Å². The number of carbonyl (C=O) groups is 2. The van der Waals surface area contributed by atoms with Gasteiger partial charge in [0.25, 0.3) is 0 Å². The van der Waals surface area contributed by atoms with E-state index in [9.17, 15) is 9.59 Å². The fraction of sp³-hybridized carbons (Fsp3) is 0.500. The molecule has 0 N–H and O–H groups in total. The monoisotopic (exact) mass is 510 g/mol. The molecule has 64 valence electrons. The van der Waals surface area contributed by atoms with Crippen LogP contribution in [0.3, 0.4) is 0 Å². The van der Waals surface area contributed by atoms with Crippen molar-refractivity contribution in [1.82, 2.24) is 0 Å². The molecule has 0 aliphatic rings. The van der Waals surface area contributed by atoms with Crippen LogP contribution in [-0.4, -0.2) is 17.6 Å². The fourth-order valence-corrected chi connectivity index (χ4v) is 0.629. The summed E-state index contributed by atoms with van der Waals surface area (Å²) in [6, 6.07) is 0. The van der Waals surface area contributed by atoms with Crippen molar-refractivity contribution in [2.45, 2.75) is 5.67 Å². The van der Waals surface area contributed by atoms with Crippen LogP contribution in [0.1, 0.15) is 0 Å². The van der Waals surface area contributed by atoms with Gasteiger partial charge >= 0.3 is 11.9 Å². The minimum Gasteiger partial charge on any atom is -0.390 e. The van der Waals surface area contributed by atoms with Crippen molar-refractivity contribution in [3.63, 3.8) is 0 Å². The van der Waals surface area contributed by atoms with Gasteiger partial charge in [-0.2, -0.15) is 0 Å². The number of carbonyl (C=O) groups excluding carboxylic acids is 2. The highest BCUT2D eigenvalue weighted by Gasteiger charge is 2.20. The molecule has 0 aliphatic carbocycles. The first-order valence-corrected chi connectivity index (χ1v) is 6.59. The Morgan fingerprint density at radius 1 is 1.09 bits per heavy atom.